The summed E-state index contributed by atoms with van der Waals surface area (Å²) in [5.74, 6) is 0.543. The zero-order chi connectivity index (χ0) is 19.4. The number of hydrogen-bond acceptors (Lipinski definition) is 3. The number of likely N-dealkylation sites (tertiary alicyclic amines) is 1. The molecule has 6 heteroatoms. The number of halogens is 1. The van der Waals surface area contributed by atoms with E-state index in [1.165, 1.54) is 0 Å². The monoisotopic (exact) mass is 430 g/mol. The molecule has 0 saturated carbocycles. The summed E-state index contributed by atoms with van der Waals surface area (Å²) >= 11 is 3.37. The maximum Gasteiger partial charge on any atom is 0.252 e. The second-order valence-electron chi connectivity index (χ2n) is 6.94. The van der Waals surface area contributed by atoms with Crippen LogP contribution in [0.15, 0.2) is 53.0 Å². The van der Waals surface area contributed by atoms with Gasteiger partial charge in [0.1, 0.15) is 11.3 Å². The van der Waals surface area contributed by atoms with Crippen LogP contribution in [-0.4, -0.2) is 42.5 Å². The van der Waals surface area contributed by atoms with Gasteiger partial charge in [0.05, 0.1) is 7.11 Å². The van der Waals surface area contributed by atoms with Crippen LogP contribution >= 0.6 is 15.9 Å². The number of benzene rings is 2. The molecule has 142 valence electrons. The van der Waals surface area contributed by atoms with Gasteiger partial charge in [-0.15, -0.1) is 0 Å². The molecule has 1 saturated heterocycles. The lowest BCUT2D eigenvalue weighted by Gasteiger charge is -2.25. The largest absolute Gasteiger partial charge is 0.497 e. The second kappa shape index (κ2) is 8.13. The first-order valence-electron chi connectivity index (χ1n) is 8.92. The lowest BCUT2D eigenvalue weighted by Crippen LogP contribution is -2.52. The average Bonchev–Trinajstić information content (AvgIpc) is 2.94. The van der Waals surface area contributed by atoms with E-state index in [-0.39, 0.29) is 11.8 Å². The van der Waals surface area contributed by atoms with E-state index < -0.39 is 5.54 Å². The highest BCUT2D eigenvalue weighted by molar-refractivity contribution is 9.10. The normalized spacial score (nSPS) is 19.2. The minimum atomic E-state index is -0.867. The zero-order valence-corrected chi connectivity index (χ0v) is 17.1. The maximum absolute atomic E-state index is 12.9. The summed E-state index contributed by atoms with van der Waals surface area (Å²) < 4.78 is 6.08. The standard InChI is InChI=1S/C21H23BrN2O3/c1-21(23-19(25)16-6-4-7-17(22)14-16)10-12-24(20(21)26)11-9-15-5-3-8-18(13-15)27-2/h3-8,13-14H,9-12H2,1-2H3,(H,23,25). The highest BCUT2D eigenvalue weighted by Gasteiger charge is 2.43. The molecule has 1 heterocycles. The third kappa shape index (κ3) is 4.50. The first-order chi connectivity index (χ1) is 12.9. The molecule has 1 fully saturated rings. The zero-order valence-electron chi connectivity index (χ0n) is 15.5. The molecule has 2 aromatic rings. The lowest BCUT2D eigenvalue weighted by molar-refractivity contribution is -0.132. The molecule has 1 N–H and O–H groups in total. The number of carbonyl (C=O) groups is 2. The van der Waals surface area contributed by atoms with Crippen molar-refractivity contribution < 1.29 is 14.3 Å². The van der Waals surface area contributed by atoms with Crippen molar-refractivity contribution in [1.29, 1.82) is 0 Å². The summed E-state index contributed by atoms with van der Waals surface area (Å²) in [6.07, 6.45) is 1.35. The molecule has 1 unspecified atom stereocenters. The maximum atomic E-state index is 12.9. The van der Waals surface area contributed by atoms with Crippen molar-refractivity contribution >= 4 is 27.7 Å². The highest BCUT2D eigenvalue weighted by atomic mass is 79.9. The Hall–Kier alpha value is -2.34. The van der Waals surface area contributed by atoms with E-state index in [1.54, 1.807) is 32.2 Å². The Labute approximate surface area is 167 Å². The van der Waals surface area contributed by atoms with E-state index in [0.29, 0.717) is 25.1 Å². The third-order valence-electron chi connectivity index (χ3n) is 4.92. The molecule has 1 atom stereocenters. The van der Waals surface area contributed by atoms with Gasteiger partial charge in [-0.05, 0) is 55.7 Å². The molecule has 0 aliphatic carbocycles. The molecular formula is C21H23BrN2O3. The minimum absolute atomic E-state index is 0.0336. The van der Waals surface area contributed by atoms with Gasteiger partial charge in [-0.1, -0.05) is 34.1 Å². The van der Waals surface area contributed by atoms with Gasteiger partial charge in [0.15, 0.2) is 0 Å². The van der Waals surface area contributed by atoms with Crippen LogP contribution in [0, 0.1) is 0 Å². The Kier molecular flexibility index (Phi) is 5.85. The van der Waals surface area contributed by atoms with Crippen molar-refractivity contribution in [1.82, 2.24) is 10.2 Å². The summed E-state index contributed by atoms with van der Waals surface area (Å²) in [5.41, 5.74) is 0.787. The van der Waals surface area contributed by atoms with Crippen molar-refractivity contribution in [2.75, 3.05) is 20.2 Å². The molecule has 0 spiro atoms. The fourth-order valence-electron chi connectivity index (χ4n) is 3.29. The molecule has 3 rings (SSSR count). The van der Waals surface area contributed by atoms with Crippen LogP contribution < -0.4 is 10.1 Å². The first kappa shape index (κ1) is 19.4. The van der Waals surface area contributed by atoms with E-state index in [2.05, 4.69) is 21.2 Å². The Balaban J connectivity index is 1.62. The number of hydrogen-bond donors (Lipinski definition) is 1. The van der Waals surface area contributed by atoms with Crippen LogP contribution in [0.2, 0.25) is 0 Å². The Morgan fingerprint density at radius 1 is 1.26 bits per heavy atom. The van der Waals surface area contributed by atoms with E-state index in [0.717, 1.165) is 22.2 Å². The van der Waals surface area contributed by atoms with Crippen molar-refractivity contribution in [2.45, 2.75) is 25.3 Å². The molecule has 0 aromatic heterocycles. The van der Waals surface area contributed by atoms with Crippen molar-refractivity contribution in [3.05, 3.63) is 64.1 Å². The quantitative estimate of drug-likeness (QED) is 0.763. The van der Waals surface area contributed by atoms with Gasteiger partial charge in [-0.2, -0.15) is 0 Å². The summed E-state index contributed by atoms with van der Waals surface area (Å²) in [6, 6.07) is 15.0. The number of amides is 2. The van der Waals surface area contributed by atoms with E-state index in [1.807, 2.05) is 35.2 Å². The summed E-state index contributed by atoms with van der Waals surface area (Å²) in [6.45, 7) is 3.06. The Morgan fingerprint density at radius 3 is 2.78 bits per heavy atom. The molecule has 27 heavy (non-hydrogen) atoms. The highest BCUT2D eigenvalue weighted by Crippen LogP contribution is 2.24. The number of carbonyl (C=O) groups excluding carboxylic acids is 2. The van der Waals surface area contributed by atoms with Crippen molar-refractivity contribution in [3.8, 4) is 5.75 Å². The predicted octanol–water partition coefficient (Wildman–Crippen LogP) is 3.42. The second-order valence-corrected chi connectivity index (χ2v) is 7.86. The van der Waals surface area contributed by atoms with Gasteiger partial charge in [0.2, 0.25) is 5.91 Å². The van der Waals surface area contributed by atoms with Gasteiger partial charge in [0.25, 0.3) is 5.91 Å². The SMILES string of the molecule is COc1cccc(CCN2CCC(C)(NC(=O)c3cccc(Br)c3)C2=O)c1. The molecule has 2 amide bonds. The summed E-state index contributed by atoms with van der Waals surface area (Å²) in [5, 5.41) is 2.92. The van der Waals surface area contributed by atoms with E-state index in [9.17, 15) is 9.59 Å². The lowest BCUT2D eigenvalue weighted by atomic mass is 10.00. The summed E-state index contributed by atoms with van der Waals surface area (Å²) in [4.78, 5) is 27.2. The number of methoxy groups -OCH3 is 1. The topological polar surface area (TPSA) is 58.6 Å². The van der Waals surface area contributed by atoms with E-state index in [4.69, 9.17) is 4.74 Å². The van der Waals surface area contributed by atoms with Crippen LogP contribution in [0.3, 0.4) is 0 Å². The van der Waals surface area contributed by atoms with Crippen LogP contribution in [0.5, 0.6) is 5.75 Å². The van der Waals surface area contributed by atoms with Crippen LogP contribution in [0.4, 0.5) is 0 Å². The predicted molar refractivity (Wildman–Crippen MR) is 108 cm³/mol. The average molecular weight is 431 g/mol. The van der Waals surface area contributed by atoms with Gasteiger partial charge < -0.3 is 15.0 Å². The van der Waals surface area contributed by atoms with Crippen molar-refractivity contribution in [2.24, 2.45) is 0 Å². The Bertz CT molecular complexity index is 855. The smallest absolute Gasteiger partial charge is 0.252 e. The first-order valence-corrected chi connectivity index (χ1v) is 9.71. The van der Waals surface area contributed by atoms with Crippen LogP contribution in [-0.2, 0) is 11.2 Å². The third-order valence-corrected chi connectivity index (χ3v) is 5.41. The number of nitrogens with zero attached hydrogens (tertiary/aromatic N) is 1. The fraction of sp³-hybridized carbons (Fsp3) is 0.333. The molecule has 1 aliphatic rings. The van der Waals surface area contributed by atoms with E-state index >= 15 is 0 Å². The number of rotatable bonds is 6. The molecule has 5 nitrogen and oxygen atoms in total. The molecular weight excluding hydrogens is 408 g/mol. The minimum Gasteiger partial charge on any atom is -0.497 e. The summed E-state index contributed by atoms with van der Waals surface area (Å²) in [7, 11) is 1.64. The Morgan fingerprint density at radius 2 is 2.04 bits per heavy atom. The molecule has 1 aliphatic heterocycles. The van der Waals surface area contributed by atoms with Crippen LogP contribution in [0.1, 0.15) is 29.3 Å². The molecule has 0 bridgehead atoms. The van der Waals surface area contributed by atoms with Gasteiger partial charge in [0, 0.05) is 23.1 Å². The fourth-order valence-corrected chi connectivity index (χ4v) is 3.69. The van der Waals surface area contributed by atoms with Gasteiger partial charge in [-0.3, -0.25) is 9.59 Å². The van der Waals surface area contributed by atoms with Gasteiger partial charge in [-0.25, -0.2) is 0 Å². The van der Waals surface area contributed by atoms with Crippen molar-refractivity contribution in [3.63, 3.8) is 0 Å². The van der Waals surface area contributed by atoms with Gasteiger partial charge >= 0.3 is 0 Å². The number of nitrogens with one attached hydrogen (secondary N) is 1. The van der Waals surface area contributed by atoms with Crippen LogP contribution in [0.25, 0.3) is 0 Å². The number of ether oxygens (including phenoxy) is 1. The molecule has 2 aromatic carbocycles. The molecule has 0 radical (unpaired) electrons.